The van der Waals surface area contributed by atoms with Crippen molar-refractivity contribution in [2.45, 2.75) is 20.3 Å². The summed E-state index contributed by atoms with van der Waals surface area (Å²) in [6, 6.07) is 1.80. The van der Waals surface area contributed by atoms with E-state index < -0.39 is 0 Å². The third-order valence-corrected chi connectivity index (χ3v) is 3.75. The van der Waals surface area contributed by atoms with Gasteiger partial charge in [-0.2, -0.15) is 0 Å². The standard InChI is InChI=1S/C16H27N7O.HI/c1-3-17-15(18-4-2)19-9-6-14(24)22-10-12-23(13-11-22)16-20-7-5-8-21-16;/h5,7-8H,3-4,6,9-13H2,1-2H3,(H2,17,18,19);1H. The number of amides is 1. The van der Waals surface area contributed by atoms with Crippen LogP contribution in [0.1, 0.15) is 20.3 Å². The summed E-state index contributed by atoms with van der Waals surface area (Å²) in [5.74, 6) is 1.65. The highest BCUT2D eigenvalue weighted by atomic mass is 127. The Morgan fingerprint density at radius 3 is 2.28 bits per heavy atom. The zero-order valence-electron chi connectivity index (χ0n) is 14.9. The van der Waals surface area contributed by atoms with E-state index >= 15 is 0 Å². The summed E-state index contributed by atoms with van der Waals surface area (Å²) >= 11 is 0. The van der Waals surface area contributed by atoms with Crippen molar-refractivity contribution in [3.05, 3.63) is 18.5 Å². The second kappa shape index (κ2) is 11.8. The molecule has 8 nitrogen and oxygen atoms in total. The smallest absolute Gasteiger partial charge is 0.225 e. The molecule has 0 saturated carbocycles. The average molecular weight is 461 g/mol. The molecule has 2 N–H and O–H groups in total. The monoisotopic (exact) mass is 461 g/mol. The molecular weight excluding hydrogens is 433 g/mol. The molecular formula is C16H28IN7O. The van der Waals surface area contributed by atoms with Gasteiger partial charge in [0.1, 0.15) is 0 Å². The van der Waals surface area contributed by atoms with Crippen LogP contribution in [0.25, 0.3) is 0 Å². The number of halogens is 1. The number of guanidine groups is 1. The zero-order chi connectivity index (χ0) is 17.2. The molecule has 0 spiro atoms. The molecule has 0 bridgehead atoms. The maximum absolute atomic E-state index is 12.3. The lowest BCUT2D eigenvalue weighted by Crippen LogP contribution is -2.49. The Labute approximate surface area is 166 Å². The van der Waals surface area contributed by atoms with E-state index in [2.05, 4.69) is 30.5 Å². The molecule has 0 radical (unpaired) electrons. The minimum absolute atomic E-state index is 0. The molecule has 1 fully saturated rings. The predicted octanol–water partition coefficient (Wildman–Crippen LogP) is 0.708. The predicted molar refractivity (Wildman–Crippen MR) is 111 cm³/mol. The zero-order valence-corrected chi connectivity index (χ0v) is 17.3. The second-order valence-corrected chi connectivity index (χ2v) is 5.46. The number of aliphatic imine (C=N–C) groups is 1. The molecule has 25 heavy (non-hydrogen) atoms. The van der Waals surface area contributed by atoms with Crippen LogP contribution >= 0.6 is 24.0 Å². The fourth-order valence-corrected chi connectivity index (χ4v) is 2.54. The average Bonchev–Trinajstić information content (AvgIpc) is 2.63. The Bertz CT molecular complexity index is 525. The normalized spacial score (nSPS) is 13.7. The number of hydrogen-bond acceptors (Lipinski definition) is 5. The maximum Gasteiger partial charge on any atom is 0.225 e. The first-order chi connectivity index (χ1) is 11.7. The van der Waals surface area contributed by atoms with E-state index in [-0.39, 0.29) is 29.9 Å². The summed E-state index contributed by atoms with van der Waals surface area (Å²) in [6.45, 7) is 9.09. The van der Waals surface area contributed by atoms with Crippen LogP contribution in [0.5, 0.6) is 0 Å². The Balaban J connectivity index is 0.00000312. The van der Waals surface area contributed by atoms with Gasteiger partial charge < -0.3 is 20.4 Å². The number of nitrogens with one attached hydrogen (secondary N) is 2. The van der Waals surface area contributed by atoms with E-state index in [9.17, 15) is 4.79 Å². The number of rotatable bonds is 6. The number of nitrogens with zero attached hydrogens (tertiary/aromatic N) is 5. The highest BCUT2D eigenvalue weighted by Crippen LogP contribution is 2.10. The van der Waals surface area contributed by atoms with E-state index in [0.29, 0.717) is 26.1 Å². The highest BCUT2D eigenvalue weighted by Gasteiger charge is 2.21. The number of hydrogen-bond donors (Lipinski definition) is 2. The third kappa shape index (κ3) is 7.00. The highest BCUT2D eigenvalue weighted by molar-refractivity contribution is 14.0. The van der Waals surface area contributed by atoms with Gasteiger partial charge in [0, 0.05) is 58.1 Å². The van der Waals surface area contributed by atoms with Gasteiger partial charge in [-0.3, -0.25) is 9.79 Å². The van der Waals surface area contributed by atoms with Crippen LogP contribution in [0.4, 0.5) is 5.95 Å². The lowest BCUT2D eigenvalue weighted by molar-refractivity contribution is -0.131. The molecule has 0 unspecified atom stereocenters. The lowest BCUT2D eigenvalue weighted by Gasteiger charge is -2.34. The van der Waals surface area contributed by atoms with Crippen molar-refractivity contribution < 1.29 is 4.79 Å². The summed E-state index contributed by atoms with van der Waals surface area (Å²) in [5, 5.41) is 6.31. The third-order valence-electron chi connectivity index (χ3n) is 3.75. The molecule has 1 aliphatic rings. The molecule has 1 amide bonds. The first-order valence-electron chi connectivity index (χ1n) is 8.56. The number of anilines is 1. The van der Waals surface area contributed by atoms with Gasteiger partial charge in [-0.1, -0.05) is 0 Å². The topological polar surface area (TPSA) is 85.8 Å². The largest absolute Gasteiger partial charge is 0.357 e. The molecule has 1 saturated heterocycles. The van der Waals surface area contributed by atoms with Gasteiger partial charge in [0.25, 0.3) is 0 Å². The second-order valence-electron chi connectivity index (χ2n) is 5.46. The molecule has 9 heteroatoms. The summed E-state index contributed by atoms with van der Waals surface area (Å²) in [5.41, 5.74) is 0. The molecule has 1 aliphatic heterocycles. The van der Waals surface area contributed by atoms with E-state index in [1.165, 1.54) is 0 Å². The van der Waals surface area contributed by atoms with Gasteiger partial charge in [-0.05, 0) is 19.9 Å². The number of carbonyl (C=O) groups excluding carboxylic acids is 1. The summed E-state index contributed by atoms with van der Waals surface area (Å²) in [7, 11) is 0. The van der Waals surface area contributed by atoms with Crippen LogP contribution in [-0.2, 0) is 4.79 Å². The fraction of sp³-hybridized carbons (Fsp3) is 0.625. The van der Waals surface area contributed by atoms with Gasteiger partial charge in [0.15, 0.2) is 5.96 Å². The van der Waals surface area contributed by atoms with Crippen molar-refractivity contribution in [3.63, 3.8) is 0 Å². The molecule has 0 atom stereocenters. The summed E-state index contributed by atoms with van der Waals surface area (Å²) < 4.78 is 0. The quantitative estimate of drug-likeness (QED) is 0.369. The molecule has 140 valence electrons. The van der Waals surface area contributed by atoms with Crippen molar-refractivity contribution >= 4 is 41.8 Å². The minimum Gasteiger partial charge on any atom is -0.357 e. The molecule has 0 aliphatic carbocycles. The van der Waals surface area contributed by atoms with Gasteiger partial charge in [0.05, 0.1) is 6.54 Å². The molecule has 2 heterocycles. The number of aromatic nitrogens is 2. The summed E-state index contributed by atoms with van der Waals surface area (Å²) in [6.07, 6.45) is 3.91. The SMILES string of the molecule is CCNC(=NCCC(=O)N1CCN(c2ncccn2)CC1)NCC.I. The fourth-order valence-electron chi connectivity index (χ4n) is 2.54. The van der Waals surface area contributed by atoms with Crippen LogP contribution in [0.3, 0.4) is 0 Å². The van der Waals surface area contributed by atoms with Crippen molar-refractivity contribution in [3.8, 4) is 0 Å². The van der Waals surface area contributed by atoms with Crippen LogP contribution in [0, 0.1) is 0 Å². The Morgan fingerprint density at radius 1 is 1.12 bits per heavy atom. The number of carbonyl (C=O) groups is 1. The van der Waals surface area contributed by atoms with E-state index in [4.69, 9.17) is 0 Å². The van der Waals surface area contributed by atoms with Crippen LogP contribution in [0.2, 0.25) is 0 Å². The van der Waals surface area contributed by atoms with Crippen molar-refractivity contribution in [1.82, 2.24) is 25.5 Å². The Hall–Kier alpha value is -1.65. The van der Waals surface area contributed by atoms with Gasteiger partial charge in [0.2, 0.25) is 11.9 Å². The van der Waals surface area contributed by atoms with Gasteiger partial charge >= 0.3 is 0 Å². The molecule has 1 aromatic heterocycles. The van der Waals surface area contributed by atoms with Crippen LogP contribution in [-0.4, -0.2) is 72.5 Å². The van der Waals surface area contributed by atoms with E-state index in [1.807, 2.05) is 18.7 Å². The van der Waals surface area contributed by atoms with Crippen molar-refractivity contribution in [1.29, 1.82) is 0 Å². The van der Waals surface area contributed by atoms with Crippen LogP contribution < -0.4 is 15.5 Å². The van der Waals surface area contributed by atoms with E-state index in [1.54, 1.807) is 18.5 Å². The van der Waals surface area contributed by atoms with Crippen LogP contribution in [0.15, 0.2) is 23.5 Å². The van der Waals surface area contributed by atoms with Crippen molar-refractivity contribution in [2.75, 3.05) is 50.7 Å². The first kappa shape index (κ1) is 21.4. The molecule has 1 aromatic rings. The van der Waals surface area contributed by atoms with Gasteiger partial charge in [-0.15, -0.1) is 24.0 Å². The maximum atomic E-state index is 12.3. The van der Waals surface area contributed by atoms with E-state index in [0.717, 1.165) is 38.1 Å². The number of piperazine rings is 1. The molecule has 2 rings (SSSR count). The Kier molecular flexibility index (Phi) is 10.1. The van der Waals surface area contributed by atoms with Gasteiger partial charge in [-0.25, -0.2) is 9.97 Å². The summed E-state index contributed by atoms with van der Waals surface area (Å²) in [4.78, 5) is 29.2. The Morgan fingerprint density at radius 2 is 1.72 bits per heavy atom. The van der Waals surface area contributed by atoms with Crippen molar-refractivity contribution in [2.24, 2.45) is 4.99 Å². The molecule has 0 aromatic carbocycles. The lowest BCUT2D eigenvalue weighted by atomic mass is 10.3. The minimum atomic E-state index is 0. The first-order valence-corrected chi connectivity index (χ1v) is 8.56.